The highest BCUT2D eigenvalue weighted by Crippen LogP contribution is 2.27. The Bertz CT molecular complexity index is 783. The monoisotopic (exact) mass is 452 g/mol. The second-order valence-corrected chi connectivity index (χ2v) is 8.13. The molecule has 0 bridgehead atoms. The summed E-state index contributed by atoms with van der Waals surface area (Å²) >= 11 is 6.79. The van der Waals surface area contributed by atoms with Crippen LogP contribution in [0.5, 0.6) is 0 Å². The van der Waals surface area contributed by atoms with E-state index in [-0.39, 0.29) is 11.8 Å². The van der Waals surface area contributed by atoms with Crippen molar-refractivity contribution < 1.29 is 9.59 Å². The van der Waals surface area contributed by atoms with Crippen molar-refractivity contribution >= 4 is 55.0 Å². The molecule has 0 fully saturated rings. The standard InChI is InChI=1S/C18H18Br2N2O2/c1-18(2,3)17(24)21-13-6-4-5-11(9-13)16(23)22-15-8-7-12(19)10-14(15)20/h4-10H,1-3H3,(H,21,24)(H,22,23). The van der Waals surface area contributed by atoms with Crippen LogP contribution >= 0.6 is 31.9 Å². The van der Waals surface area contributed by atoms with E-state index < -0.39 is 5.41 Å². The Kier molecular flexibility index (Phi) is 5.83. The highest BCUT2D eigenvalue weighted by atomic mass is 79.9. The van der Waals surface area contributed by atoms with Crippen LogP contribution < -0.4 is 10.6 Å². The number of hydrogen-bond acceptors (Lipinski definition) is 2. The van der Waals surface area contributed by atoms with Crippen molar-refractivity contribution in [1.29, 1.82) is 0 Å². The van der Waals surface area contributed by atoms with Gasteiger partial charge in [-0.1, -0.05) is 42.8 Å². The summed E-state index contributed by atoms with van der Waals surface area (Å²) in [6, 6.07) is 12.4. The molecule has 0 unspecified atom stereocenters. The summed E-state index contributed by atoms with van der Waals surface area (Å²) in [5, 5.41) is 5.67. The number of carbonyl (C=O) groups is 2. The molecule has 4 nitrogen and oxygen atoms in total. The fourth-order valence-corrected chi connectivity index (χ4v) is 2.99. The van der Waals surface area contributed by atoms with Crippen molar-refractivity contribution in [2.75, 3.05) is 10.6 Å². The van der Waals surface area contributed by atoms with Gasteiger partial charge in [0.1, 0.15) is 0 Å². The first-order valence-corrected chi connectivity index (χ1v) is 8.93. The van der Waals surface area contributed by atoms with E-state index in [1.807, 2.05) is 32.9 Å². The van der Waals surface area contributed by atoms with Crippen molar-refractivity contribution in [1.82, 2.24) is 0 Å². The van der Waals surface area contributed by atoms with Gasteiger partial charge >= 0.3 is 0 Å². The average molecular weight is 454 g/mol. The summed E-state index contributed by atoms with van der Waals surface area (Å²) < 4.78 is 1.70. The predicted octanol–water partition coefficient (Wildman–Crippen LogP) is 5.45. The molecule has 2 aromatic carbocycles. The van der Waals surface area contributed by atoms with Crippen LogP contribution in [-0.2, 0) is 4.79 Å². The summed E-state index contributed by atoms with van der Waals surface area (Å²) in [4.78, 5) is 24.5. The van der Waals surface area contributed by atoms with Crippen LogP contribution in [0.1, 0.15) is 31.1 Å². The minimum atomic E-state index is -0.499. The van der Waals surface area contributed by atoms with E-state index in [9.17, 15) is 9.59 Å². The number of rotatable bonds is 3. The second kappa shape index (κ2) is 7.49. The summed E-state index contributed by atoms with van der Waals surface area (Å²) in [7, 11) is 0. The number of hydrogen-bond donors (Lipinski definition) is 2. The summed E-state index contributed by atoms with van der Waals surface area (Å²) in [6.07, 6.45) is 0. The number of benzene rings is 2. The molecule has 0 saturated heterocycles. The minimum Gasteiger partial charge on any atom is -0.326 e. The molecule has 0 aliphatic heterocycles. The van der Waals surface area contributed by atoms with Gasteiger partial charge in [-0.25, -0.2) is 0 Å². The Morgan fingerprint density at radius 1 is 0.958 bits per heavy atom. The molecule has 0 aliphatic carbocycles. The van der Waals surface area contributed by atoms with Crippen molar-refractivity contribution in [2.45, 2.75) is 20.8 Å². The van der Waals surface area contributed by atoms with Crippen LogP contribution in [0.2, 0.25) is 0 Å². The van der Waals surface area contributed by atoms with Crippen LogP contribution in [0.15, 0.2) is 51.4 Å². The van der Waals surface area contributed by atoms with E-state index in [1.54, 1.807) is 30.3 Å². The van der Waals surface area contributed by atoms with Gasteiger partial charge in [-0.15, -0.1) is 0 Å². The number of nitrogens with one attached hydrogen (secondary N) is 2. The molecular formula is C18H18Br2N2O2. The third-order valence-corrected chi connectivity index (χ3v) is 4.39. The molecule has 6 heteroatoms. The second-order valence-electron chi connectivity index (χ2n) is 6.36. The Hall–Kier alpha value is -1.66. The molecule has 0 heterocycles. The lowest BCUT2D eigenvalue weighted by Crippen LogP contribution is -2.27. The summed E-state index contributed by atoms with van der Waals surface area (Å²) in [5.74, 6) is -0.347. The van der Waals surface area contributed by atoms with Crippen molar-refractivity contribution in [3.63, 3.8) is 0 Å². The maximum Gasteiger partial charge on any atom is 0.255 e. The van der Waals surface area contributed by atoms with E-state index in [1.165, 1.54) is 0 Å². The molecule has 0 aromatic heterocycles. The lowest BCUT2D eigenvalue weighted by molar-refractivity contribution is -0.123. The number of halogens is 2. The maximum atomic E-state index is 12.4. The molecule has 0 radical (unpaired) electrons. The number of anilines is 2. The lowest BCUT2D eigenvalue weighted by Gasteiger charge is -2.18. The van der Waals surface area contributed by atoms with Gasteiger partial charge in [0, 0.05) is 25.6 Å². The van der Waals surface area contributed by atoms with Crippen molar-refractivity contribution in [3.8, 4) is 0 Å². The molecule has 2 aromatic rings. The van der Waals surface area contributed by atoms with Crippen LogP contribution in [0.3, 0.4) is 0 Å². The Balaban J connectivity index is 2.16. The largest absolute Gasteiger partial charge is 0.326 e. The molecule has 2 N–H and O–H groups in total. The number of carbonyl (C=O) groups excluding carboxylic acids is 2. The molecule has 2 amide bonds. The number of amides is 2. The Morgan fingerprint density at radius 3 is 2.29 bits per heavy atom. The fraction of sp³-hybridized carbons (Fsp3) is 0.222. The van der Waals surface area contributed by atoms with Crippen LogP contribution in [0.25, 0.3) is 0 Å². The molecular weight excluding hydrogens is 436 g/mol. The van der Waals surface area contributed by atoms with Crippen LogP contribution in [-0.4, -0.2) is 11.8 Å². The van der Waals surface area contributed by atoms with Gasteiger partial charge in [0.05, 0.1) is 5.69 Å². The topological polar surface area (TPSA) is 58.2 Å². The Labute approximate surface area is 158 Å². The predicted molar refractivity (Wildman–Crippen MR) is 104 cm³/mol. The van der Waals surface area contributed by atoms with E-state index in [0.29, 0.717) is 16.9 Å². The summed E-state index contributed by atoms with van der Waals surface area (Å²) in [5.41, 5.74) is 1.24. The van der Waals surface area contributed by atoms with Gasteiger partial charge in [-0.2, -0.15) is 0 Å². The van der Waals surface area contributed by atoms with Crippen LogP contribution in [0, 0.1) is 5.41 Å². The zero-order valence-corrected chi connectivity index (χ0v) is 16.8. The SMILES string of the molecule is CC(C)(C)C(=O)Nc1cccc(C(=O)Nc2ccc(Br)cc2Br)c1. The molecule has 24 heavy (non-hydrogen) atoms. The molecule has 2 rings (SSSR count). The molecule has 0 saturated carbocycles. The van der Waals surface area contributed by atoms with E-state index >= 15 is 0 Å². The molecule has 0 spiro atoms. The third kappa shape index (κ3) is 4.92. The fourth-order valence-electron chi connectivity index (χ4n) is 1.84. The average Bonchev–Trinajstić information content (AvgIpc) is 2.49. The third-order valence-electron chi connectivity index (χ3n) is 3.24. The molecule has 0 aliphatic rings. The van der Waals surface area contributed by atoms with Gasteiger partial charge in [0.2, 0.25) is 5.91 Å². The van der Waals surface area contributed by atoms with E-state index in [0.717, 1.165) is 8.95 Å². The highest BCUT2D eigenvalue weighted by Gasteiger charge is 2.21. The van der Waals surface area contributed by atoms with Gasteiger partial charge in [0.25, 0.3) is 5.91 Å². The van der Waals surface area contributed by atoms with Crippen LogP contribution in [0.4, 0.5) is 11.4 Å². The quantitative estimate of drug-likeness (QED) is 0.649. The van der Waals surface area contributed by atoms with Crippen molar-refractivity contribution in [2.24, 2.45) is 5.41 Å². The van der Waals surface area contributed by atoms with E-state index in [4.69, 9.17) is 0 Å². The molecule has 0 atom stereocenters. The van der Waals surface area contributed by atoms with Gasteiger partial charge in [-0.3, -0.25) is 9.59 Å². The van der Waals surface area contributed by atoms with Gasteiger partial charge in [-0.05, 0) is 52.3 Å². The first-order valence-electron chi connectivity index (χ1n) is 7.35. The lowest BCUT2D eigenvalue weighted by atomic mass is 9.95. The molecule has 126 valence electrons. The first-order chi connectivity index (χ1) is 11.2. The maximum absolute atomic E-state index is 12.4. The van der Waals surface area contributed by atoms with E-state index in [2.05, 4.69) is 42.5 Å². The highest BCUT2D eigenvalue weighted by molar-refractivity contribution is 9.11. The summed E-state index contributed by atoms with van der Waals surface area (Å²) in [6.45, 7) is 5.51. The normalized spacial score (nSPS) is 11.0. The zero-order chi connectivity index (χ0) is 17.9. The zero-order valence-electron chi connectivity index (χ0n) is 13.6. The van der Waals surface area contributed by atoms with Gasteiger partial charge < -0.3 is 10.6 Å². The minimum absolute atomic E-state index is 0.101. The smallest absolute Gasteiger partial charge is 0.255 e. The van der Waals surface area contributed by atoms with Gasteiger partial charge in [0.15, 0.2) is 0 Å². The van der Waals surface area contributed by atoms with Crippen molar-refractivity contribution in [3.05, 3.63) is 57.0 Å². The first kappa shape index (κ1) is 18.7. The Morgan fingerprint density at radius 2 is 1.67 bits per heavy atom.